The van der Waals surface area contributed by atoms with Gasteiger partial charge in [0.25, 0.3) is 10.2 Å². The lowest BCUT2D eigenvalue weighted by molar-refractivity contribution is -0.140. The molecule has 0 radical (unpaired) electrons. The monoisotopic (exact) mass is 293 g/mol. The molecule has 0 bridgehead atoms. The molecule has 1 rings (SSSR count). The van der Waals surface area contributed by atoms with Crippen LogP contribution in [0.25, 0.3) is 0 Å². The second-order valence-electron chi connectivity index (χ2n) is 4.64. The highest BCUT2D eigenvalue weighted by Crippen LogP contribution is 2.19. The zero-order valence-electron chi connectivity index (χ0n) is 10.7. The van der Waals surface area contributed by atoms with E-state index >= 15 is 0 Å². The Labute approximate surface area is 112 Å². The van der Waals surface area contributed by atoms with Crippen LogP contribution in [-0.2, 0) is 19.8 Å². The summed E-state index contributed by atoms with van der Waals surface area (Å²) in [5.41, 5.74) is 4.91. The lowest BCUT2D eigenvalue weighted by atomic mass is 10.1. The molecule has 4 N–H and O–H groups in total. The highest BCUT2D eigenvalue weighted by Gasteiger charge is 2.33. The van der Waals surface area contributed by atoms with Gasteiger partial charge in [0.1, 0.15) is 6.04 Å². The molecule has 1 heterocycles. The quantitative estimate of drug-likeness (QED) is 0.579. The predicted octanol–water partition coefficient (Wildman–Crippen LogP) is -0.976. The molecule has 1 aliphatic heterocycles. The fraction of sp³-hybridized carbons (Fsp3) is 0.800. The average molecular weight is 293 g/mol. The summed E-state index contributed by atoms with van der Waals surface area (Å²) < 4.78 is 27.4. The first kappa shape index (κ1) is 15.9. The van der Waals surface area contributed by atoms with Gasteiger partial charge in [-0.1, -0.05) is 6.42 Å². The number of aliphatic carboxylic acids is 1. The molecule has 19 heavy (non-hydrogen) atoms. The molecule has 0 saturated carbocycles. The Morgan fingerprint density at radius 1 is 1.47 bits per heavy atom. The second kappa shape index (κ2) is 6.31. The minimum absolute atomic E-state index is 0.186. The molecule has 110 valence electrons. The van der Waals surface area contributed by atoms with Crippen molar-refractivity contribution < 1.29 is 23.1 Å². The van der Waals surface area contributed by atoms with Crippen molar-refractivity contribution in [2.45, 2.75) is 44.7 Å². The Morgan fingerprint density at radius 3 is 2.58 bits per heavy atom. The Kier molecular flexibility index (Phi) is 5.27. The molecule has 1 fully saturated rings. The van der Waals surface area contributed by atoms with Gasteiger partial charge in [-0.05, 0) is 19.8 Å². The van der Waals surface area contributed by atoms with Crippen molar-refractivity contribution in [3.05, 3.63) is 0 Å². The topological polar surface area (TPSA) is 130 Å². The normalized spacial score (nSPS) is 22.9. The molecular formula is C10H19N3O5S. The Balaban J connectivity index is 2.81. The third-order valence-electron chi connectivity index (χ3n) is 3.05. The summed E-state index contributed by atoms with van der Waals surface area (Å²) >= 11 is 0. The van der Waals surface area contributed by atoms with Crippen LogP contribution in [0.4, 0.5) is 0 Å². The van der Waals surface area contributed by atoms with Crippen LogP contribution in [0.3, 0.4) is 0 Å². The van der Waals surface area contributed by atoms with Crippen molar-refractivity contribution >= 4 is 22.1 Å². The number of primary amides is 1. The fourth-order valence-electron chi connectivity index (χ4n) is 2.06. The van der Waals surface area contributed by atoms with E-state index in [1.54, 1.807) is 6.92 Å². The molecule has 1 aliphatic rings. The summed E-state index contributed by atoms with van der Waals surface area (Å²) in [7, 11) is -3.93. The molecule has 1 amide bonds. The van der Waals surface area contributed by atoms with Crippen molar-refractivity contribution in [1.82, 2.24) is 9.03 Å². The SMILES string of the molecule is CC1CCCCN1S(=O)(=O)NC(CC(N)=O)C(=O)O. The zero-order chi connectivity index (χ0) is 14.6. The molecule has 0 spiro atoms. The van der Waals surface area contributed by atoms with E-state index in [4.69, 9.17) is 10.8 Å². The van der Waals surface area contributed by atoms with Gasteiger partial charge in [0.15, 0.2) is 0 Å². The van der Waals surface area contributed by atoms with Gasteiger partial charge in [-0.2, -0.15) is 17.4 Å². The standard InChI is InChI=1S/C10H19N3O5S/c1-7-4-2-3-5-13(7)19(17,18)12-8(10(15)16)6-9(11)14/h7-8,12H,2-6H2,1H3,(H2,11,14)(H,15,16). The van der Waals surface area contributed by atoms with E-state index in [0.29, 0.717) is 6.54 Å². The van der Waals surface area contributed by atoms with Crippen LogP contribution in [-0.4, -0.2) is 48.3 Å². The van der Waals surface area contributed by atoms with Crippen molar-refractivity contribution in [2.75, 3.05) is 6.54 Å². The number of carboxylic acids is 1. The third kappa shape index (κ3) is 4.44. The zero-order valence-corrected chi connectivity index (χ0v) is 11.5. The van der Waals surface area contributed by atoms with Gasteiger partial charge in [-0.15, -0.1) is 0 Å². The first-order chi connectivity index (χ1) is 8.74. The smallest absolute Gasteiger partial charge is 0.322 e. The van der Waals surface area contributed by atoms with Crippen molar-refractivity contribution in [3.8, 4) is 0 Å². The van der Waals surface area contributed by atoms with Crippen LogP contribution in [0.15, 0.2) is 0 Å². The fourth-order valence-corrected chi connectivity index (χ4v) is 3.68. The summed E-state index contributed by atoms with van der Waals surface area (Å²) in [5, 5.41) is 8.90. The average Bonchev–Trinajstić information content (AvgIpc) is 2.27. The lowest BCUT2D eigenvalue weighted by Crippen LogP contribution is -2.53. The van der Waals surface area contributed by atoms with Gasteiger partial charge in [-0.3, -0.25) is 9.59 Å². The summed E-state index contributed by atoms with van der Waals surface area (Å²) in [6, 6.07) is -1.72. The maximum Gasteiger partial charge on any atom is 0.322 e. The highest BCUT2D eigenvalue weighted by atomic mass is 32.2. The van der Waals surface area contributed by atoms with Crippen molar-refractivity contribution in [1.29, 1.82) is 0 Å². The number of hydrogen-bond acceptors (Lipinski definition) is 4. The van der Waals surface area contributed by atoms with Gasteiger partial charge in [0.05, 0.1) is 6.42 Å². The van der Waals surface area contributed by atoms with Crippen molar-refractivity contribution in [2.24, 2.45) is 5.73 Å². The summed E-state index contributed by atoms with van der Waals surface area (Å²) in [6.07, 6.45) is 1.83. The van der Waals surface area contributed by atoms with Gasteiger partial charge < -0.3 is 10.8 Å². The maximum absolute atomic E-state index is 12.1. The van der Waals surface area contributed by atoms with E-state index in [9.17, 15) is 18.0 Å². The summed E-state index contributed by atoms with van der Waals surface area (Å²) in [4.78, 5) is 21.7. The molecule has 2 atom stereocenters. The number of carbonyl (C=O) groups excluding carboxylic acids is 1. The highest BCUT2D eigenvalue weighted by molar-refractivity contribution is 7.87. The number of nitrogens with two attached hydrogens (primary N) is 1. The number of carbonyl (C=O) groups is 2. The van der Waals surface area contributed by atoms with E-state index in [1.807, 2.05) is 4.72 Å². The van der Waals surface area contributed by atoms with Crippen LogP contribution >= 0.6 is 0 Å². The van der Waals surface area contributed by atoms with E-state index in [2.05, 4.69) is 0 Å². The number of piperidine rings is 1. The number of amides is 1. The molecule has 9 heteroatoms. The maximum atomic E-state index is 12.1. The van der Waals surface area contributed by atoms with Crippen LogP contribution in [0, 0.1) is 0 Å². The van der Waals surface area contributed by atoms with Crippen LogP contribution in [0.5, 0.6) is 0 Å². The molecule has 8 nitrogen and oxygen atoms in total. The van der Waals surface area contributed by atoms with Crippen LogP contribution in [0.1, 0.15) is 32.6 Å². The van der Waals surface area contributed by atoms with Crippen LogP contribution in [0.2, 0.25) is 0 Å². The first-order valence-electron chi connectivity index (χ1n) is 6.04. The number of nitrogens with zero attached hydrogens (tertiary/aromatic N) is 1. The third-order valence-corrected chi connectivity index (χ3v) is 4.79. The number of nitrogens with one attached hydrogen (secondary N) is 1. The van der Waals surface area contributed by atoms with Crippen molar-refractivity contribution in [3.63, 3.8) is 0 Å². The molecule has 0 aromatic rings. The molecule has 1 saturated heterocycles. The molecular weight excluding hydrogens is 274 g/mol. The molecule has 0 aromatic heterocycles. The summed E-state index contributed by atoms with van der Waals surface area (Å²) in [5.74, 6) is -2.30. The van der Waals surface area contributed by atoms with Gasteiger partial charge >= 0.3 is 5.97 Å². The first-order valence-corrected chi connectivity index (χ1v) is 7.48. The Morgan fingerprint density at radius 2 is 2.11 bits per heavy atom. The number of carboxylic acid groups (broad SMARTS) is 1. The van der Waals surface area contributed by atoms with Gasteiger partial charge in [0, 0.05) is 12.6 Å². The lowest BCUT2D eigenvalue weighted by Gasteiger charge is -2.32. The summed E-state index contributed by atoms with van der Waals surface area (Å²) in [6.45, 7) is 2.11. The minimum Gasteiger partial charge on any atom is -0.480 e. The Hall–Kier alpha value is -1.19. The Bertz CT molecular complexity index is 450. The number of hydrogen-bond donors (Lipinski definition) is 3. The van der Waals surface area contributed by atoms with E-state index in [-0.39, 0.29) is 6.04 Å². The van der Waals surface area contributed by atoms with Gasteiger partial charge in [-0.25, -0.2) is 0 Å². The van der Waals surface area contributed by atoms with E-state index in [0.717, 1.165) is 19.3 Å². The van der Waals surface area contributed by atoms with E-state index in [1.165, 1.54) is 4.31 Å². The van der Waals surface area contributed by atoms with Crippen LogP contribution < -0.4 is 10.5 Å². The second-order valence-corrected chi connectivity index (χ2v) is 6.29. The molecule has 2 unspecified atom stereocenters. The predicted molar refractivity (Wildman–Crippen MR) is 67.3 cm³/mol. The minimum atomic E-state index is -3.93. The molecule has 0 aliphatic carbocycles. The van der Waals surface area contributed by atoms with E-state index < -0.39 is 34.5 Å². The molecule has 0 aromatic carbocycles. The van der Waals surface area contributed by atoms with Gasteiger partial charge in [0.2, 0.25) is 5.91 Å². The largest absolute Gasteiger partial charge is 0.480 e. The number of rotatable bonds is 6.